The number of hydrogen-bond donors (Lipinski definition) is 1. The fraction of sp³-hybridized carbons (Fsp3) is 0.333. The molecule has 0 aliphatic carbocycles. The summed E-state index contributed by atoms with van der Waals surface area (Å²) in [5.74, 6) is 0.735. The number of ether oxygens (including phenoxy) is 1. The summed E-state index contributed by atoms with van der Waals surface area (Å²) in [6, 6.07) is 5.84. The number of benzene rings is 1. The highest BCUT2D eigenvalue weighted by molar-refractivity contribution is 6.32. The maximum Gasteiger partial charge on any atom is 0.140 e. The van der Waals surface area contributed by atoms with Gasteiger partial charge in [-0.3, -0.25) is 0 Å². The standard InChI is InChI=1S/C12H15ClN2O/c1-15(2)5-6-16-12-8-11-9(3-4-14-11)7-10(12)13/h3-4,7-8,14H,5-6H2,1-2H3. The molecule has 1 aromatic heterocycles. The van der Waals surface area contributed by atoms with Gasteiger partial charge in [0.25, 0.3) is 0 Å². The van der Waals surface area contributed by atoms with Crippen molar-refractivity contribution < 1.29 is 4.74 Å². The van der Waals surface area contributed by atoms with Gasteiger partial charge in [-0.1, -0.05) is 11.6 Å². The van der Waals surface area contributed by atoms with Gasteiger partial charge in [0.1, 0.15) is 12.4 Å². The summed E-state index contributed by atoms with van der Waals surface area (Å²) in [5, 5.41) is 1.76. The summed E-state index contributed by atoms with van der Waals surface area (Å²) in [4.78, 5) is 5.21. The fourth-order valence-corrected chi connectivity index (χ4v) is 1.73. The molecule has 3 nitrogen and oxygen atoms in total. The summed E-state index contributed by atoms with van der Waals surface area (Å²) < 4.78 is 5.63. The second-order valence-corrected chi connectivity index (χ2v) is 4.41. The average Bonchev–Trinajstić information content (AvgIpc) is 2.64. The van der Waals surface area contributed by atoms with E-state index in [1.54, 1.807) is 0 Å². The number of aromatic amines is 1. The smallest absolute Gasteiger partial charge is 0.140 e. The molecule has 1 aromatic carbocycles. The molecule has 0 spiro atoms. The largest absolute Gasteiger partial charge is 0.491 e. The molecule has 0 fully saturated rings. The average molecular weight is 239 g/mol. The lowest BCUT2D eigenvalue weighted by Gasteiger charge is -2.12. The summed E-state index contributed by atoms with van der Waals surface area (Å²) in [6.07, 6.45) is 1.89. The number of rotatable bonds is 4. The predicted octanol–water partition coefficient (Wildman–Crippen LogP) is 2.76. The van der Waals surface area contributed by atoms with Gasteiger partial charge in [-0.05, 0) is 26.2 Å². The van der Waals surface area contributed by atoms with Crippen molar-refractivity contribution in [1.29, 1.82) is 0 Å². The van der Waals surface area contributed by atoms with E-state index in [9.17, 15) is 0 Å². The van der Waals surface area contributed by atoms with E-state index in [1.807, 2.05) is 38.5 Å². The summed E-state index contributed by atoms with van der Waals surface area (Å²) in [5.41, 5.74) is 1.05. The second-order valence-electron chi connectivity index (χ2n) is 4.00. The van der Waals surface area contributed by atoms with E-state index in [4.69, 9.17) is 16.3 Å². The molecule has 16 heavy (non-hydrogen) atoms. The van der Waals surface area contributed by atoms with Crippen molar-refractivity contribution >= 4 is 22.5 Å². The van der Waals surface area contributed by atoms with Crippen molar-refractivity contribution in [2.45, 2.75) is 0 Å². The fourth-order valence-electron chi connectivity index (χ4n) is 1.50. The summed E-state index contributed by atoms with van der Waals surface area (Å²) in [6.45, 7) is 1.51. The molecule has 0 bridgehead atoms. The first kappa shape index (κ1) is 11.3. The molecule has 1 heterocycles. The highest BCUT2D eigenvalue weighted by Gasteiger charge is 2.05. The monoisotopic (exact) mass is 238 g/mol. The van der Waals surface area contributed by atoms with Gasteiger partial charge in [-0.15, -0.1) is 0 Å². The number of H-pyrrole nitrogens is 1. The van der Waals surface area contributed by atoms with E-state index in [1.165, 1.54) is 0 Å². The Morgan fingerprint density at radius 3 is 2.94 bits per heavy atom. The minimum Gasteiger partial charge on any atom is -0.491 e. The van der Waals surface area contributed by atoms with E-state index in [2.05, 4.69) is 9.88 Å². The number of nitrogens with one attached hydrogen (secondary N) is 1. The van der Waals surface area contributed by atoms with Gasteiger partial charge in [0.05, 0.1) is 5.02 Å². The lowest BCUT2D eigenvalue weighted by molar-refractivity contribution is 0.262. The van der Waals surface area contributed by atoms with Crippen LogP contribution in [0.1, 0.15) is 0 Å². The molecule has 0 atom stereocenters. The Hall–Kier alpha value is -1.19. The van der Waals surface area contributed by atoms with Crippen LogP contribution in [0.15, 0.2) is 24.4 Å². The third kappa shape index (κ3) is 2.49. The molecule has 0 unspecified atom stereocenters. The number of aromatic nitrogens is 1. The molecule has 2 aromatic rings. The van der Waals surface area contributed by atoms with Crippen LogP contribution in [0.2, 0.25) is 5.02 Å². The van der Waals surface area contributed by atoms with Gasteiger partial charge >= 0.3 is 0 Å². The normalized spacial score (nSPS) is 11.2. The van der Waals surface area contributed by atoms with Crippen molar-refractivity contribution in [2.24, 2.45) is 0 Å². The van der Waals surface area contributed by atoms with Crippen molar-refractivity contribution in [1.82, 2.24) is 9.88 Å². The molecule has 0 saturated heterocycles. The van der Waals surface area contributed by atoms with Crippen LogP contribution in [-0.2, 0) is 0 Å². The quantitative estimate of drug-likeness (QED) is 0.887. The minimum atomic E-state index is 0.638. The third-order valence-corrected chi connectivity index (χ3v) is 2.70. The Balaban J connectivity index is 2.13. The van der Waals surface area contributed by atoms with Crippen molar-refractivity contribution in [3.05, 3.63) is 29.4 Å². The zero-order valence-corrected chi connectivity index (χ0v) is 10.2. The van der Waals surface area contributed by atoms with Crippen LogP contribution in [0, 0.1) is 0 Å². The van der Waals surface area contributed by atoms with Crippen molar-refractivity contribution in [3.63, 3.8) is 0 Å². The molecular formula is C12H15ClN2O. The zero-order valence-electron chi connectivity index (χ0n) is 9.46. The topological polar surface area (TPSA) is 28.3 Å². The minimum absolute atomic E-state index is 0.638. The van der Waals surface area contributed by atoms with Gasteiger partial charge in [-0.2, -0.15) is 0 Å². The molecule has 0 aliphatic rings. The molecule has 0 radical (unpaired) electrons. The molecule has 0 amide bonds. The van der Waals surface area contributed by atoms with Crippen LogP contribution in [0.5, 0.6) is 5.75 Å². The van der Waals surface area contributed by atoms with Crippen molar-refractivity contribution in [3.8, 4) is 5.75 Å². The summed E-state index contributed by atoms with van der Waals surface area (Å²) >= 11 is 6.12. The van der Waals surface area contributed by atoms with Crippen LogP contribution in [0.4, 0.5) is 0 Å². The predicted molar refractivity (Wildman–Crippen MR) is 67.4 cm³/mol. The lowest BCUT2D eigenvalue weighted by atomic mass is 10.2. The van der Waals surface area contributed by atoms with Gasteiger partial charge in [-0.25, -0.2) is 0 Å². The van der Waals surface area contributed by atoms with E-state index in [0.717, 1.165) is 23.2 Å². The molecule has 2 rings (SSSR count). The lowest BCUT2D eigenvalue weighted by Crippen LogP contribution is -2.19. The molecule has 86 valence electrons. The van der Waals surface area contributed by atoms with E-state index in [0.29, 0.717) is 11.6 Å². The van der Waals surface area contributed by atoms with Crippen LogP contribution < -0.4 is 4.74 Å². The summed E-state index contributed by atoms with van der Waals surface area (Å²) in [7, 11) is 4.03. The zero-order chi connectivity index (χ0) is 11.5. The first-order valence-corrected chi connectivity index (χ1v) is 5.59. The number of fused-ring (bicyclic) bond motifs is 1. The number of nitrogens with zero attached hydrogens (tertiary/aromatic N) is 1. The van der Waals surface area contributed by atoms with Gasteiger partial charge in [0.2, 0.25) is 0 Å². The van der Waals surface area contributed by atoms with Crippen LogP contribution in [-0.4, -0.2) is 37.1 Å². The van der Waals surface area contributed by atoms with Gasteiger partial charge < -0.3 is 14.6 Å². The first-order valence-electron chi connectivity index (χ1n) is 5.21. The van der Waals surface area contributed by atoms with Gasteiger partial charge in [0.15, 0.2) is 0 Å². The third-order valence-electron chi connectivity index (χ3n) is 2.40. The number of likely N-dealkylation sites (N-methyl/N-ethyl adjacent to an activating group) is 1. The Labute approximate surface area is 100.0 Å². The van der Waals surface area contributed by atoms with Crippen LogP contribution in [0.25, 0.3) is 10.9 Å². The molecule has 0 aliphatic heterocycles. The Morgan fingerprint density at radius 2 is 2.19 bits per heavy atom. The van der Waals surface area contributed by atoms with E-state index < -0.39 is 0 Å². The Kier molecular flexibility index (Phi) is 3.36. The SMILES string of the molecule is CN(C)CCOc1cc2[nH]ccc2cc1Cl. The first-order chi connectivity index (χ1) is 7.66. The van der Waals surface area contributed by atoms with Crippen molar-refractivity contribution in [2.75, 3.05) is 27.2 Å². The molecular weight excluding hydrogens is 224 g/mol. The van der Waals surface area contributed by atoms with E-state index in [-0.39, 0.29) is 0 Å². The van der Waals surface area contributed by atoms with Crippen LogP contribution >= 0.6 is 11.6 Å². The Bertz CT molecular complexity index is 479. The van der Waals surface area contributed by atoms with Gasteiger partial charge in [0, 0.05) is 29.7 Å². The Morgan fingerprint density at radius 1 is 1.38 bits per heavy atom. The van der Waals surface area contributed by atoms with Crippen LogP contribution in [0.3, 0.4) is 0 Å². The maximum atomic E-state index is 6.12. The second kappa shape index (κ2) is 4.76. The molecule has 0 saturated carbocycles. The van der Waals surface area contributed by atoms with E-state index >= 15 is 0 Å². The highest BCUT2D eigenvalue weighted by Crippen LogP contribution is 2.29. The molecule has 4 heteroatoms. The number of halogens is 1. The highest BCUT2D eigenvalue weighted by atomic mass is 35.5. The molecule has 1 N–H and O–H groups in total. The maximum absolute atomic E-state index is 6.12. The number of hydrogen-bond acceptors (Lipinski definition) is 2.